The van der Waals surface area contributed by atoms with E-state index in [1.165, 1.54) is 12.1 Å². The molecule has 2 aromatic carbocycles. The number of carbonyl (C=O) groups is 1. The number of amides is 1. The normalized spacial score (nSPS) is 10.4. The Morgan fingerprint density at radius 1 is 1.24 bits per heavy atom. The van der Waals surface area contributed by atoms with Gasteiger partial charge in [-0.05, 0) is 42.8 Å². The average molecular weight is 307 g/mol. The maximum atomic E-state index is 13.5. The summed E-state index contributed by atoms with van der Waals surface area (Å²) in [6.45, 7) is 2.84. The number of halogens is 2. The molecule has 0 saturated carbocycles. The highest BCUT2D eigenvalue weighted by molar-refractivity contribution is 6.30. The Labute approximate surface area is 128 Å². The van der Waals surface area contributed by atoms with Crippen LogP contribution in [0.25, 0.3) is 0 Å². The van der Waals surface area contributed by atoms with Gasteiger partial charge < -0.3 is 10.6 Å². The third-order valence-corrected chi connectivity index (χ3v) is 3.50. The van der Waals surface area contributed by atoms with E-state index in [0.717, 1.165) is 11.6 Å². The van der Waals surface area contributed by atoms with Gasteiger partial charge in [-0.15, -0.1) is 0 Å². The van der Waals surface area contributed by atoms with E-state index < -0.39 is 5.82 Å². The van der Waals surface area contributed by atoms with Gasteiger partial charge in [0.15, 0.2) is 0 Å². The number of rotatable bonds is 4. The third-order valence-electron chi connectivity index (χ3n) is 3.19. The van der Waals surface area contributed by atoms with Crippen molar-refractivity contribution in [1.29, 1.82) is 0 Å². The second-order valence-electron chi connectivity index (χ2n) is 4.69. The van der Waals surface area contributed by atoms with Crippen molar-refractivity contribution in [2.75, 3.05) is 12.3 Å². The van der Waals surface area contributed by atoms with Crippen molar-refractivity contribution in [3.8, 4) is 0 Å². The number of anilines is 1. The maximum absolute atomic E-state index is 13.5. The SMILES string of the molecule is CCN(Cc1ccc(N)cc1)C(=O)c1ccc(Cl)c(F)c1. The third kappa shape index (κ3) is 3.73. The van der Waals surface area contributed by atoms with Gasteiger partial charge in [-0.3, -0.25) is 4.79 Å². The predicted molar refractivity (Wildman–Crippen MR) is 82.7 cm³/mol. The Balaban J connectivity index is 2.18. The molecule has 0 unspecified atom stereocenters. The lowest BCUT2D eigenvalue weighted by Crippen LogP contribution is -2.30. The fourth-order valence-electron chi connectivity index (χ4n) is 1.98. The van der Waals surface area contributed by atoms with Crippen molar-refractivity contribution in [2.45, 2.75) is 13.5 Å². The minimum absolute atomic E-state index is 0.00753. The van der Waals surface area contributed by atoms with Crippen LogP contribution in [-0.2, 0) is 6.54 Å². The van der Waals surface area contributed by atoms with E-state index in [4.69, 9.17) is 17.3 Å². The lowest BCUT2D eigenvalue weighted by Gasteiger charge is -2.21. The first kappa shape index (κ1) is 15.3. The zero-order valence-electron chi connectivity index (χ0n) is 11.6. The summed E-state index contributed by atoms with van der Waals surface area (Å²) in [4.78, 5) is 14.0. The van der Waals surface area contributed by atoms with Crippen LogP contribution in [0.15, 0.2) is 42.5 Å². The van der Waals surface area contributed by atoms with Gasteiger partial charge in [0, 0.05) is 24.3 Å². The molecule has 0 heterocycles. The summed E-state index contributed by atoms with van der Waals surface area (Å²) in [5.74, 6) is -0.823. The van der Waals surface area contributed by atoms with Crippen LogP contribution < -0.4 is 5.73 Å². The fourth-order valence-corrected chi connectivity index (χ4v) is 2.10. The molecule has 3 nitrogen and oxygen atoms in total. The highest BCUT2D eigenvalue weighted by Crippen LogP contribution is 2.18. The van der Waals surface area contributed by atoms with E-state index >= 15 is 0 Å². The Kier molecular flexibility index (Phi) is 4.81. The van der Waals surface area contributed by atoms with Crippen LogP contribution >= 0.6 is 11.6 Å². The van der Waals surface area contributed by atoms with Gasteiger partial charge in [0.25, 0.3) is 5.91 Å². The van der Waals surface area contributed by atoms with E-state index in [1.54, 1.807) is 17.0 Å². The molecule has 0 spiro atoms. The topological polar surface area (TPSA) is 46.3 Å². The van der Waals surface area contributed by atoms with Crippen molar-refractivity contribution in [1.82, 2.24) is 4.90 Å². The molecule has 0 aromatic heterocycles. The number of nitrogens with zero attached hydrogens (tertiary/aromatic N) is 1. The summed E-state index contributed by atoms with van der Waals surface area (Å²) < 4.78 is 13.5. The average Bonchev–Trinajstić information content (AvgIpc) is 2.49. The van der Waals surface area contributed by atoms with Crippen molar-refractivity contribution in [3.05, 3.63) is 64.4 Å². The molecule has 0 atom stereocenters. The summed E-state index contributed by atoms with van der Waals surface area (Å²) in [5, 5.41) is 0.00753. The monoisotopic (exact) mass is 306 g/mol. The fraction of sp³-hybridized carbons (Fsp3) is 0.188. The zero-order valence-corrected chi connectivity index (χ0v) is 12.4. The van der Waals surface area contributed by atoms with Crippen LogP contribution in [0.4, 0.5) is 10.1 Å². The molecule has 21 heavy (non-hydrogen) atoms. The van der Waals surface area contributed by atoms with E-state index in [1.807, 2.05) is 19.1 Å². The van der Waals surface area contributed by atoms with Crippen LogP contribution in [0.5, 0.6) is 0 Å². The lowest BCUT2D eigenvalue weighted by atomic mass is 10.1. The maximum Gasteiger partial charge on any atom is 0.254 e. The summed E-state index contributed by atoms with van der Waals surface area (Å²) in [6, 6.07) is 11.4. The van der Waals surface area contributed by atoms with Crippen molar-refractivity contribution < 1.29 is 9.18 Å². The van der Waals surface area contributed by atoms with Crippen LogP contribution in [0, 0.1) is 5.82 Å². The van der Waals surface area contributed by atoms with Crippen molar-refractivity contribution >= 4 is 23.2 Å². The Morgan fingerprint density at radius 3 is 2.48 bits per heavy atom. The number of benzene rings is 2. The van der Waals surface area contributed by atoms with Gasteiger partial charge in [-0.1, -0.05) is 23.7 Å². The molecule has 0 saturated heterocycles. The molecule has 0 aliphatic rings. The Morgan fingerprint density at radius 2 is 1.90 bits per heavy atom. The number of nitrogen functional groups attached to an aromatic ring is 1. The van der Waals surface area contributed by atoms with E-state index in [2.05, 4.69) is 0 Å². The standard InChI is InChI=1S/C16H16ClFN2O/c1-2-20(10-11-3-6-13(19)7-4-11)16(21)12-5-8-14(17)15(18)9-12/h3-9H,2,10,19H2,1H3. The number of carbonyl (C=O) groups excluding carboxylic acids is 1. The minimum atomic E-state index is -0.592. The molecule has 0 bridgehead atoms. The van der Waals surface area contributed by atoms with Crippen LogP contribution in [0.1, 0.15) is 22.8 Å². The highest BCUT2D eigenvalue weighted by Gasteiger charge is 2.16. The zero-order chi connectivity index (χ0) is 15.4. The summed E-state index contributed by atoms with van der Waals surface area (Å²) >= 11 is 5.63. The van der Waals surface area contributed by atoms with E-state index in [9.17, 15) is 9.18 Å². The van der Waals surface area contributed by atoms with Gasteiger partial charge in [-0.25, -0.2) is 4.39 Å². The first-order valence-electron chi connectivity index (χ1n) is 6.60. The first-order chi connectivity index (χ1) is 10.0. The quantitative estimate of drug-likeness (QED) is 0.875. The van der Waals surface area contributed by atoms with E-state index in [-0.39, 0.29) is 16.5 Å². The summed E-state index contributed by atoms with van der Waals surface area (Å²) in [7, 11) is 0. The van der Waals surface area contributed by atoms with Gasteiger partial charge in [0.2, 0.25) is 0 Å². The summed E-state index contributed by atoms with van der Waals surface area (Å²) in [6.07, 6.45) is 0. The first-order valence-corrected chi connectivity index (χ1v) is 6.97. The smallest absolute Gasteiger partial charge is 0.254 e. The molecule has 110 valence electrons. The largest absolute Gasteiger partial charge is 0.399 e. The van der Waals surface area contributed by atoms with E-state index in [0.29, 0.717) is 18.8 Å². The highest BCUT2D eigenvalue weighted by atomic mass is 35.5. The molecule has 2 N–H and O–H groups in total. The molecule has 1 amide bonds. The van der Waals surface area contributed by atoms with Crippen LogP contribution in [0.3, 0.4) is 0 Å². The van der Waals surface area contributed by atoms with Crippen molar-refractivity contribution in [2.24, 2.45) is 0 Å². The number of nitrogens with two attached hydrogens (primary N) is 1. The molecule has 0 fully saturated rings. The minimum Gasteiger partial charge on any atom is -0.399 e. The van der Waals surface area contributed by atoms with Crippen LogP contribution in [-0.4, -0.2) is 17.4 Å². The molecular formula is C16H16ClFN2O. The molecule has 0 aliphatic carbocycles. The molecule has 2 aromatic rings. The van der Waals surface area contributed by atoms with Gasteiger partial charge in [0.05, 0.1) is 5.02 Å². The number of hydrogen-bond acceptors (Lipinski definition) is 2. The molecule has 2 rings (SSSR count). The van der Waals surface area contributed by atoms with Gasteiger partial charge in [0.1, 0.15) is 5.82 Å². The molecular weight excluding hydrogens is 291 g/mol. The molecule has 0 radical (unpaired) electrons. The second kappa shape index (κ2) is 6.59. The Hall–Kier alpha value is -2.07. The molecule has 5 heteroatoms. The Bertz CT molecular complexity index is 643. The van der Waals surface area contributed by atoms with Crippen molar-refractivity contribution in [3.63, 3.8) is 0 Å². The predicted octanol–water partition coefficient (Wildman–Crippen LogP) is 3.72. The van der Waals surface area contributed by atoms with Gasteiger partial charge in [-0.2, -0.15) is 0 Å². The second-order valence-corrected chi connectivity index (χ2v) is 5.10. The number of hydrogen-bond donors (Lipinski definition) is 1. The lowest BCUT2D eigenvalue weighted by molar-refractivity contribution is 0.0752. The summed E-state index contributed by atoms with van der Waals surface area (Å²) in [5.41, 5.74) is 7.56. The van der Waals surface area contributed by atoms with Gasteiger partial charge >= 0.3 is 0 Å². The molecule has 0 aliphatic heterocycles. The van der Waals surface area contributed by atoms with Crippen LogP contribution in [0.2, 0.25) is 5.02 Å².